The van der Waals surface area contributed by atoms with Crippen molar-refractivity contribution in [1.29, 1.82) is 0 Å². The van der Waals surface area contributed by atoms with Crippen LogP contribution in [0.5, 0.6) is 0 Å². The number of aliphatic hydroxyl groups is 1. The second-order valence-electron chi connectivity index (χ2n) is 7.79. The number of carbonyl (C=O) groups is 3. The first kappa shape index (κ1) is 20.9. The molecule has 162 valence electrons. The van der Waals surface area contributed by atoms with Crippen molar-refractivity contribution in [3.05, 3.63) is 59.7 Å². The van der Waals surface area contributed by atoms with Crippen LogP contribution in [0.25, 0.3) is 11.1 Å². The molecule has 0 aromatic heterocycles. The minimum Gasteiger partial charge on any atom is -0.480 e. The van der Waals surface area contributed by atoms with Crippen LogP contribution in [0.4, 0.5) is 4.79 Å². The Kier molecular flexibility index (Phi) is 5.90. The van der Waals surface area contributed by atoms with Gasteiger partial charge >= 0.3 is 12.1 Å². The zero-order valence-electron chi connectivity index (χ0n) is 16.9. The largest absolute Gasteiger partial charge is 0.480 e. The van der Waals surface area contributed by atoms with Gasteiger partial charge in [-0.1, -0.05) is 48.5 Å². The first-order valence-corrected chi connectivity index (χ1v) is 10.2. The summed E-state index contributed by atoms with van der Waals surface area (Å²) in [4.78, 5) is 36.8. The number of hydrogen-bond acceptors (Lipinski definition) is 5. The molecule has 4 rings (SSSR count). The van der Waals surface area contributed by atoms with Gasteiger partial charge in [-0.15, -0.1) is 0 Å². The Bertz CT molecular complexity index is 962. The fourth-order valence-electron chi connectivity index (χ4n) is 4.39. The van der Waals surface area contributed by atoms with Crippen molar-refractivity contribution in [2.75, 3.05) is 19.7 Å². The lowest BCUT2D eigenvalue weighted by Gasteiger charge is -2.21. The summed E-state index contributed by atoms with van der Waals surface area (Å²) >= 11 is 0. The summed E-state index contributed by atoms with van der Waals surface area (Å²) in [5.74, 6) is -1.63. The Balaban J connectivity index is 1.29. The van der Waals surface area contributed by atoms with Crippen LogP contribution in [0.3, 0.4) is 0 Å². The lowest BCUT2D eigenvalue weighted by molar-refractivity contribution is -0.148. The fraction of sp³-hybridized carbons (Fsp3) is 0.348. The van der Waals surface area contributed by atoms with Crippen LogP contribution in [0.1, 0.15) is 29.9 Å². The number of benzene rings is 2. The van der Waals surface area contributed by atoms with E-state index in [2.05, 4.69) is 17.4 Å². The average molecular weight is 424 g/mol. The lowest BCUT2D eigenvalue weighted by Crippen LogP contribution is -2.42. The molecule has 3 N–H and O–H groups in total. The third kappa shape index (κ3) is 4.25. The molecule has 0 saturated carbocycles. The molecule has 1 fully saturated rings. The average Bonchev–Trinajstić information content (AvgIpc) is 3.31. The molecule has 1 aliphatic carbocycles. The van der Waals surface area contributed by atoms with Gasteiger partial charge < -0.3 is 25.2 Å². The molecule has 2 aromatic carbocycles. The molecule has 8 heteroatoms. The maximum absolute atomic E-state index is 12.3. The van der Waals surface area contributed by atoms with Gasteiger partial charge in [-0.05, 0) is 22.3 Å². The molecule has 1 saturated heterocycles. The summed E-state index contributed by atoms with van der Waals surface area (Å²) in [6, 6.07) is 15.0. The molecule has 0 unspecified atom stereocenters. The van der Waals surface area contributed by atoms with Crippen molar-refractivity contribution in [2.45, 2.75) is 30.9 Å². The number of rotatable bonds is 6. The van der Waals surface area contributed by atoms with Crippen LogP contribution in [0.2, 0.25) is 0 Å². The summed E-state index contributed by atoms with van der Waals surface area (Å²) < 4.78 is 5.41. The second-order valence-corrected chi connectivity index (χ2v) is 7.79. The Morgan fingerprint density at radius 3 is 2.26 bits per heavy atom. The number of carboxylic acids is 1. The second kappa shape index (κ2) is 8.77. The molecular weight excluding hydrogens is 400 g/mol. The van der Waals surface area contributed by atoms with Crippen molar-refractivity contribution in [3.63, 3.8) is 0 Å². The van der Waals surface area contributed by atoms with Gasteiger partial charge in [-0.25, -0.2) is 9.59 Å². The van der Waals surface area contributed by atoms with Crippen LogP contribution in [0, 0.1) is 0 Å². The number of aliphatic carboxylic acids is 1. The van der Waals surface area contributed by atoms with Gasteiger partial charge in [0, 0.05) is 31.8 Å². The minimum absolute atomic E-state index is 0.0132. The van der Waals surface area contributed by atoms with Gasteiger partial charge in [0.2, 0.25) is 5.91 Å². The molecule has 1 aliphatic heterocycles. The Morgan fingerprint density at radius 2 is 1.65 bits per heavy atom. The van der Waals surface area contributed by atoms with E-state index in [4.69, 9.17) is 4.74 Å². The van der Waals surface area contributed by atoms with Gasteiger partial charge in [-0.2, -0.15) is 0 Å². The molecular formula is C23H24N2O6. The number of likely N-dealkylation sites (tertiary alicyclic amines) is 1. The van der Waals surface area contributed by atoms with Crippen LogP contribution in [-0.2, 0) is 14.3 Å². The van der Waals surface area contributed by atoms with Crippen molar-refractivity contribution >= 4 is 18.0 Å². The summed E-state index contributed by atoms with van der Waals surface area (Å²) in [6.45, 7) is 0.183. The van der Waals surface area contributed by atoms with Crippen molar-refractivity contribution in [3.8, 4) is 11.1 Å². The number of amides is 2. The normalized spacial score (nSPS) is 19.6. The van der Waals surface area contributed by atoms with Crippen LogP contribution < -0.4 is 5.32 Å². The highest BCUT2D eigenvalue weighted by molar-refractivity contribution is 5.85. The molecule has 0 spiro atoms. The Labute approximate surface area is 179 Å². The highest BCUT2D eigenvalue weighted by Gasteiger charge is 2.38. The predicted octanol–water partition coefficient (Wildman–Crippen LogP) is 1.96. The Morgan fingerprint density at radius 1 is 1.03 bits per heavy atom. The highest BCUT2D eigenvalue weighted by atomic mass is 16.5. The SMILES string of the molecule is O=C(NCCC(=O)N1C[C@H](O)C[C@@H]1C(=O)O)OCC1c2ccccc2-c2ccccc21. The number of nitrogens with zero attached hydrogens (tertiary/aromatic N) is 1. The molecule has 1 heterocycles. The van der Waals surface area contributed by atoms with Gasteiger partial charge in [-0.3, -0.25) is 4.79 Å². The number of β-amino-alcohol motifs (C(OH)–C–C–N with tert-alkyl or cyclic N) is 1. The zero-order chi connectivity index (χ0) is 22.0. The van der Waals surface area contributed by atoms with Crippen LogP contribution in [-0.4, -0.2) is 64.9 Å². The summed E-state index contributed by atoms with van der Waals surface area (Å²) in [6.07, 6.45) is -1.53. The van der Waals surface area contributed by atoms with Crippen LogP contribution >= 0.6 is 0 Å². The standard InChI is InChI=1S/C23H24N2O6/c26-14-11-20(22(28)29)25(12-14)21(27)9-10-24-23(30)31-13-19-17-7-3-1-5-15(17)16-6-2-4-8-18(16)19/h1-8,14,19-20,26H,9-13H2,(H,24,30)(H,28,29)/t14-,20-/m1/s1. The summed E-state index contributed by atoms with van der Waals surface area (Å²) in [7, 11) is 0. The number of hydrogen-bond donors (Lipinski definition) is 3. The zero-order valence-corrected chi connectivity index (χ0v) is 16.9. The van der Waals surface area contributed by atoms with E-state index in [0.29, 0.717) is 0 Å². The highest BCUT2D eigenvalue weighted by Crippen LogP contribution is 2.44. The summed E-state index contributed by atoms with van der Waals surface area (Å²) in [5, 5.41) is 21.4. The van der Waals surface area contributed by atoms with E-state index < -0.39 is 30.1 Å². The monoisotopic (exact) mass is 424 g/mol. The minimum atomic E-state index is -1.14. The van der Waals surface area contributed by atoms with E-state index in [1.54, 1.807) is 0 Å². The van der Waals surface area contributed by atoms with Crippen molar-refractivity contribution in [2.24, 2.45) is 0 Å². The molecule has 0 radical (unpaired) electrons. The molecule has 0 bridgehead atoms. The van der Waals surface area contributed by atoms with E-state index in [0.717, 1.165) is 27.2 Å². The molecule has 2 aromatic rings. The number of fused-ring (bicyclic) bond motifs is 3. The predicted molar refractivity (Wildman–Crippen MR) is 111 cm³/mol. The first-order chi connectivity index (χ1) is 15.0. The maximum Gasteiger partial charge on any atom is 0.407 e. The van der Waals surface area contributed by atoms with Crippen molar-refractivity contribution < 1.29 is 29.3 Å². The number of carbonyl (C=O) groups excluding carboxylic acids is 2. The van der Waals surface area contributed by atoms with E-state index >= 15 is 0 Å². The number of aliphatic hydroxyl groups excluding tert-OH is 1. The molecule has 2 atom stereocenters. The summed E-state index contributed by atoms with van der Waals surface area (Å²) in [5.41, 5.74) is 4.50. The fourth-order valence-corrected chi connectivity index (χ4v) is 4.39. The number of alkyl carbamates (subject to hydrolysis) is 1. The smallest absolute Gasteiger partial charge is 0.407 e. The maximum atomic E-state index is 12.3. The van der Waals surface area contributed by atoms with Gasteiger partial charge in [0.1, 0.15) is 12.6 Å². The number of nitrogens with one attached hydrogen (secondary N) is 1. The van der Waals surface area contributed by atoms with E-state index in [1.807, 2.05) is 36.4 Å². The molecule has 2 aliphatic rings. The van der Waals surface area contributed by atoms with Crippen molar-refractivity contribution in [1.82, 2.24) is 10.2 Å². The van der Waals surface area contributed by atoms with Gasteiger partial charge in [0.05, 0.1) is 6.10 Å². The topological polar surface area (TPSA) is 116 Å². The Hall–Kier alpha value is -3.39. The number of ether oxygens (including phenoxy) is 1. The molecule has 31 heavy (non-hydrogen) atoms. The number of carboxylic acid groups (broad SMARTS) is 1. The quantitative estimate of drug-likeness (QED) is 0.653. The van der Waals surface area contributed by atoms with E-state index in [1.165, 1.54) is 0 Å². The third-order valence-corrected chi connectivity index (χ3v) is 5.84. The molecule has 2 amide bonds. The first-order valence-electron chi connectivity index (χ1n) is 10.2. The van der Waals surface area contributed by atoms with Gasteiger partial charge in [0.15, 0.2) is 0 Å². The third-order valence-electron chi connectivity index (χ3n) is 5.84. The van der Waals surface area contributed by atoms with Crippen LogP contribution in [0.15, 0.2) is 48.5 Å². The van der Waals surface area contributed by atoms with E-state index in [9.17, 15) is 24.6 Å². The molecule has 8 nitrogen and oxygen atoms in total. The van der Waals surface area contributed by atoms with Gasteiger partial charge in [0.25, 0.3) is 0 Å². The van der Waals surface area contributed by atoms with E-state index in [-0.39, 0.29) is 38.5 Å². The lowest BCUT2D eigenvalue weighted by atomic mass is 9.98.